The van der Waals surface area contributed by atoms with E-state index in [2.05, 4.69) is 33.0 Å². The van der Waals surface area contributed by atoms with Gasteiger partial charge in [0, 0.05) is 30.8 Å². The molecule has 1 aromatic carbocycles. The molecule has 30 heavy (non-hydrogen) atoms. The number of nitrogens with one attached hydrogen (secondary N) is 1. The third-order valence-corrected chi connectivity index (χ3v) is 6.93. The highest BCUT2D eigenvalue weighted by Crippen LogP contribution is 2.34. The Labute approximate surface area is 179 Å². The number of likely N-dealkylation sites (tertiary alicyclic amines) is 1. The van der Waals surface area contributed by atoms with Crippen molar-refractivity contribution in [1.82, 2.24) is 30.4 Å². The van der Waals surface area contributed by atoms with Crippen molar-refractivity contribution in [1.29, 1.82) is 0 Å². The molecule has 3 heterocycles. The van der Waals surface area contributed by atoms with Crippen LogP contribution in [0.25, 0.3) is 10.1 Å². The molecule has 1 aliphatic rings. The number of fused-ring (bicyclic) bond motifs is 1. The van der Waals surface area contributed by atoms with E-state index < -0.39 is 0 Å². The van der Waals surface area contributed by atoms with Crippen molar-refractivity contribution in [2.45, 2.75) is 51.1 Å². The second kappa shape index (κ2) is 9.34. The first-order valence-corrected chi connectivity index (χ1v) is 11.2. The van der Waals surface area contributed by atoms with Gasteiger partial charge in [0.15, 0.2) is 0 Å². The highest BCUT2D eigenvalue weighted by atomic mass is 32.1. The third kappa shape index (κ3) is 4.35. The summed E-state index contributed by atoms with van der Waals surface area (Å²) >= 11 is 1.53. The van der Waals surface area contributed by atoms with Gasteiger partial charge in [-0.2, -0.15) is 0 Å². The van der Waals surface area contributed by atoms with Crippen molar-refractivity contribution in [2.24, 2.45) is 0 Å². The second-order valence-electron chi connectivity index (χ2n) is 7.60. The number of nitrogens with zero attached hydrogens (tertiary/aromatic N) is 5. The fourth-order valence-electron chi connectivity index (χ4n) is 4.19. The van der Waals surface area contributed by atoms with Crippen LogP contribution >= 0.6 is 11.3 Å². The van der Waals surface area contributed by atoms with Crippen molar-refractivity contribution in [2.75, 3.05) is 13.6 Å². The number of benzene rings is 1. The summed E-state index contributed by atoms with van der Waals surface area (Å²) in [6, 6.07) is 8.23. The molecule has 2 amide bonds. The quantitative estimate of drug-likeness (QED) is 0.654. The summed E-state index contributed by atoms with van der Waals surface area (Å²) in [6.07, 6.45) is 6.78. The maximum atomic E-state index is 13.1. The Hall–Kier alpha value is -2.81. The molecular formula is C21H26N6O2S. The van der Waals surface area contributed by atoms with Crippen LogP contribution in [-0.2, 0) is 17.8 Å². The van der Waals surface area contributed by atoms with Crippen LogP contribution in [0, 0.1) is 0 Å². The fraction of sp³-hybridized carbons (Fsp3) is 0.476. The van der Waals surface area contributed by atoms with Gasteiger partial charge in [-0.25, -0.2) is 4.68 Å². The first kappa shape index (κ1) is 20.5. The molecule has 1 N–H and O–H groups in total. The lowest BCUT2D eigenvalue weighted by atomic mass is 9.97. The lowest BCUT2D eigenvalue weighted by Gasteiger charge is -2.30. The largest absolute Gasteiger partial charge is 0.354 e. The van der Waals surface area contributed by atoms with Gasteiger partial charge in [0.05, 0.1) is 11.4 Å². The molecule has 1 aliphatic heterocycles. The summed E-state index contributed by atoms with van der Waals surface area (Å²) in [7, 11) is 1.66. The molecule has 1 saturated heterocycles. The number of tetrazole rings is 1. The van der Waals surface area contributed by atoms with Crippen LogP contribution in [0.5, 0.6) is 0 Å². The van der Waals surface area contributed by atoms with Crippen molar-refractivity contribution in [3.8, 4) is 0 Å². The molecule has 9 heteroatoms. The number of carbonyl (C=O) groups is 2. The number of rotatable bonds is 6. The van der Waals surface area contributed by atoms with Crippen LogP contribution < -0.4 is 5.32 Å². The van der Waals surface area contributed by atoms with E-state index in [1.807, 2.05) is 17.0 Å². The Morgan fingerprint density at radius 2 is 2.10 bits per heavy atom. The van der Waals surface area contributed by atoms with Gasteiger partial charge in [0.1, 0.15) is 6.33 Å². The molecule has 1 atom stereocenters. The van der Waals surface area contributed by atoms with E-state index in [4.69, 9.17) is 0 Å². The molecule has 0 aliphatic carbocycles. The average molecular weight is 427 g/mol. The van der Waals surface area contributed by atoms with E-state index in [9.17, 15) is 9.59 Å². The fourth-order valence-corrected chi connectivity index (χ4v) is 5.37. The van der Waals surface area contributed by atoms with Crippen LogP contribution in [0.15, 0.2) is 30.6 Å². The molecule has 0 bridgehead atoms. The monoisotopic (exact) mass is 426 g/mol. The Morgan fingerprint density at radius 3 is 2.90 bits per heavy atom. The minimum Gasteiger partial charge on any atom is -0.354 e. The summed E-state index contributed by atoms with van der Waals surface area (Å²) in [5, 5.41) is 15.0. The molecule has 0 radical (unpaired) electrons. The topological polar surface area (TPSA) is 93.0 Å². The first-order valence-electron chi connectivity index (χ1n) is 10.4. The second-order valence-corrected chi connectivity index (χ2v) is 8.65. The number of aryl methyl sites for hydroxylation is 1. The summed E-state index contributed by atoms with van der Waals surface area (Å²) < 4.78 is 2.69. The summed E-state index contributed by atoms with van der Waals surface area (Å²) in [6.45, 7) is 1.23. The van der Waals surface area contributed by atoms with Crippen molar-refractivity contribution in [3.05, 3.63) is 41.0 Å². The van der Waals surface area contributed by atoms with Crippen molar-refractivity contribution < 1.29 is 9.59 Å². The van der Waals surface area contributed by atoms with Crippen molar-refractivity contribution >= 4 is 33.2 Å². The third-order valence-electron chi connectivity index (χ3n) is 5.72. The number of carbonyl (C=O) groups excluding carboxylic acids is 2. The van der Waals surface area contributed by atoms with Crippen LogP contribution in [-0.4, -0.2) is 56.6 Å². The van der Waals surface area contributed by atoms with Gasteiger partial charge >= 0.3 is 0 Å². The van der Waals surface area contributed by atoms with Crippen LogP contribution in [0.4, 0.5) is 0 Å². The molecule has 0 saturated carbocycles. The molecular weight excluding hydrogens is 400 g/mol. The van der Waals surface area contributed by atoms with Gasteiger partial charge < -0.3 is 10.2 Å². The van der Waals surface area contributed by atoms with Gasteiger partial charge in [-0.1, -0.05) is 31.0 Å². The molecule has 1 fully saturated rings. The average Bonchev–Trinajstić information content (AvgIpc) is 3.35. The van der Waals surface area contributed by atoms with E-state index in [0.29, 0.717) is 19.4 Å². The molecule has 8 nitrogen and oxygen atoms in total. The van der Waals surface area contributed by atoms with Crippen molar-refractivity contribution in [3.63, 3.8) is 0 Å². The van der Waals surface area contributed by atoms with E-state index in [0.717, 1.165) is 52.8 Å². The van der Waals surface area contributed by atoms with Crippen LogP contribution in [0.1, 0.15) is 47.3 Å². The molecule has 4 rings (SSSR count). The van der Waals surface area contributed by atoms with Gasteiger partial charge in [-0.05, 0) is 46.7 Å². The number of hydrogen-bond donors (Lipinski definition) is 1. The predicted octanol–water partition coefficient (Wildman–Crippen LogP) is 2.65. The Morgan fingerprint density at radius 1 is 1.23 bits per heavy atom. The molecule has 0 unspecified atom stereocenters. The summed E-state index contributed by atoms with van der Waals surface area (Å²) in [5.74, 6) is 0.0646. The SMILES string of the molecule is CNC(=O)c1sc2ccccc2c1C[C@@H]1CCCCCN1C(=O)CCn1cnnn1. The van der Waals surface area contributed by atoms with Gasteiger partial charge in [0.2, 0.25) is 5.91 Å². The smallest absolute Gasteiger partial charge is 0.261 e. The van der Waals surface area contributed by atoms with Gasteiger partial charge in [-0.3, -0.25) is 9.59 Å². The molecule has 0 spiro atoms. The minimum absolute atomic E-state index is 0.0589. The van der Waals surface area contributed by atoms with Gasteiger partial charge in [-0.15, -0.1) is 16.4 Å². The zero-order chi connectivity index (χ0) is 20.9. The number of amides is 2. The maximum Gasteiger partial charge on any atom is 0.261 e. The van der Waals surface area contributed by atoms with Crippen LogP contribution in [0.2, 0.25) is 0 Å². The normalized spacial score (nSPS) is 17.1. The lowest BCUT2D eigenvalue weighted by molar-refractivity contribution is -0.133. The Kier molecular flexibility index (Phi) is 6.37. The van der Waals surface area contributed by atoms with Crippen LogP contribution in [0.3, 0.4) is 0 Å². The van der Waals surface area contributed by atoms with E-state index in [1.54, 1.807) is 11.7 Å². The Bertz CT molecular complexity index is 1020. The maximum absolute atomic E-state index is 13.1. The minimum atomic E-state index is -0.0589. The van der Waals surface area contributed by atoms with E-state index >= 15 is 0 Å². The highest BCUT2D eigenvalue weighted by Gasteiger charge is 2.28. The molecule has 2 aromatic heterocycles. The van der Waals surface area contributed by atoms with E-state index in [-0.39, 0.29) is 17.9 Å². The summed E-state index contributed by atoms with van der Waals surface area (Å²) in [5.41, 5.74) is 1.06. The number of thiophene rings is 1. The molecule has 3 aromatic rings. The zero-order valence-corrected chi connectivity index (χ0v) is 17.9. The number of aromatic nitrogens is 4. The lowest BCUT2D eigenvalue weighted by Crippen LogP contribution is -2.41. The molecule has 158 valence electrons. The predicted molar refractivity (Wildman–Crippen MR) is 115 cm³/mol. The highest BCUT2D eigenvalue weighted by molar-refractivity contribution is 7.21. The standard InChI is InChI=1S/C21H26N6O2S/c1-22-21(29)20-17(16-8-4-5-9-18(16)30-20)13-15-7-3-2-6-11-27(15)19(28)10-12-26-14-23-24-25-26/h4-5,8-9,14-15H,2-3,6-7,10-13H2,1H3,(H,22,29)/t15-/m0/s1. The Balaban J connectivity index is 1.59. The first-order chi connectivity index (χ1) is 14.7. The van der Waals surface area contributed by atoms with Gasteiger partial charge in [0.25, 0.3) is 5.91 Å². The zero-order valence-electron chi connectivity index (χ0n) is 17.1. The van der Waals surface area contributed by atoms with E-state index in [1.165, 1.54) is 17.7 Å². The summed E-state index contributed by atoms with van der Waals surface area (Å²) in [4.78, 5) is 28.4. The number of hydrogen-bond acceptors (Lipinski definition) is 6.